The lowest BCUT2D eigenvalue weighted by Gasteiger charge is -2.09. The van der Waals surface area contributed by atoms with Crippen molar-refractivity contribution in [3.05, 3.63) is 18.2 Å². The van der Waals surface area contributed by atoms with Gasteiger partial charge in [0, 0.05) is 38.3 Å². The van der Waals surface area contributed by atoms with E-state index in [0.717, 1.165) is 12.4 Å². The van der Waals surface area contributed by atoms with Crippen molar-refractivity contribution in [2.75, 3.05) is 31.8 Å². The Morgan fingerprint density at radius 2 is 2.21 bits per heavy atom. The van der Waals surface area contributed by atoms with Crippen LogP contribution >= 0.6 is 0 Å². The van der Waals surface area contributed by atoms with Crippen LogP contribution in [0.2, 0.25) is 0 Å². The Balaban J connectivity index is 2.44. The maximum atomic E-state index is 11.7. The molecule has 19 heavy (non-hydrogen) atoms. The molecule has 0 unspecified atom stereocenters. The van der Waals surface area contributed by atoms with Crippen LogP contribution in [0.25, 0.3) is 0 Å². The second-order valence-electron chi connectivity index (χ2n) is 4.36. The molecule has 0 saturated carbocycles. The lowest BCUT2D eigenvalue weighted by molar-refractivity contribution is 0.199. The number of imidazole rings is 1. The van der Waals surface area contributed by atoms with Gasteiger partial charge in [-0.25, -0.2) is 13.4 Å². The third kappa shape index (κ3) is 6.17. The lowest BCUT2D eigenvalue weighted by atomic mass is 10.5. The number of nitrogens with zero attached hydrogens (tertiary/aromatic N) is 2. The van der Waals surface area contributed by atoms with Crippen molar-refractivity contribution in [1.29, 1.82) is 0 Å². The molecule has 0 aliphatic carbocycles. The predicted octanol–water partition coefficient (Wildman–Crippen LogP) is 0.444. The van der Waals surface area contributed by atoms with Gasteiger partial charge in [0.2, 0.25) is 0 Å². The summed E-state index contributed by atoms with van der Waals surface area (Å²) in [7, 11) is -1.29. The van der Waals surface area contributed by atoms with E-state index < -0.39 is 9.84 Å². The number of methoxy groups -OCH3 is 1. The van der Waals surface area contributed by atoms with Crippen molar-refractivity contribution in [2.24, 2.45) is 0 Å². The highest BCUT2D eigenvalue weighted by Crippen LogP contribution is 2.01. The van der Waals surface area contributed by atoms with E-state index in [1.165, 1.54) is 0 Å². The Bertz CT molecular complexity index is 457. The summed E-state index contributed by atoms with van der Waals surface area (Å²) in [6, 6.07) is 0. The van der Waals surface area contributed by atoms with E-state index in [1.54, 1.807) is 13.3 Å². The molecule has 1 aromatic rings. The number of ether oxygens (including phenoxy) is 1. The van der Waals surface area contributed by atoms with E-state index >= 15 is 0 Å². The minimum absolute atomic E-state index is 0.169. The molecule has 0 bridgehead atoms. The second-order valence-corrected chi connectivity index (χ2v) is 6.66. The van der Waals surface area contributed by atoms with Gasteiger partial charge >= 0.3 is 0 Å². The van der Waals surface area contributed by atoms with Gasteiger partial charge in [0.25, 0.3) is 0 Å². The molecule has 0 saturated heterocycles. The van der Waals surface area contributed by atoms with E-state index in [2.05, 4.69) is 10.3 Å². The van der Waals surface area contributed by atoms with Crippen LogP contribution < -0.4 is 5.32 Å². The van der Waals surface area contributed by atoms with Gasteiger partial charge in [0.05, 0.1) is 18.9 Å². The van der Waals surface area contributed by atoms with Gasteiger partial charge < -0.3 is 14.6 Å². The van der Waals surface area contributed by atoms with Crippen molar-refractivity contribution >= 4 is 9.84 Å². The zero-order valence-electron chi connectivity index (χ0n) is 11.6. The molecule has 7 heteroatoms. The van der Waals surface area contributed by atoms with Gasteiger partial charge in [-0.05, 0) is 6.42 Å². The highest BCUT2D eigenvalue weighted by Gasteiger charge is 2.10. The summed E-state index contributed by atoms with van der Waals surface area (Å²) in [4.78, 5) is 4.23. The van der Waals surface area contributed by atoms with Crippen molar-refractivity contribution in [2.45, 2.75) is 26.4 Å². The largest absolute Gasteiger partial charge is 0.383 e. The average Bonchev–Trinajstić information content (AvgIpc) is 2.80. The van der Waals surface area contributed by atoms with E-state index in [4.69, 9.17) is 4.74 Å². The van der Waals surface area contributed by atoms with Crippen molar-refractivity contribution in [3.63, 3.8) is 0 Å². The quantitative estimate of drug-likeness (QED) is 0.633. The molecule has 1 heterocycles. The third-order valence-electron chi connectivity index (χ3n) is 2.73. The molecule has 0 atom stereocenters. The molecule has 1 aromatic heterocycles. The normalized spacial score (nSPS) is 11.9. The standard InChI is InChI=1S/C12H23N3O3S/c1-3-9-19(16,17)10-7-15-6-4-14-12(15)11-13-5-8-18-2/h4,6,13H,3,5,7-11H2,1-2H3. The van der Waals surface area contributed by atoms with Crippen LogP contribution in [0.15, 0.2) is 12.4 Å². The van der Waals surface area contributed by atoms with E-state index in [1.807, 2.05) is 17.7 Å². The smallest absolute Gasteiger partial charge is 0.152 e. The van der Waals surface area contributed by atoms with Crippen molar-refractivity contribution in [1.82, 2.24) is 14.9 Å². The topological polar surface area (TPSA) is 73.2 Å². The highest BCUT2D eigenvalue weighted by molar-refractivity contribution is 7.91. The average molecular weight is 289 g/mol. The summed E-state index contributed by atoms with van der Waals surface area (Å²) in [5.74, 6) is 1.27. The summed E-state index contributed by atoms with van der Waals surface area (Å²) < 4.78 is 30.2. The van der Waals surface area contributed by atoms with Crippen LogP contribution in [-0.4, -0.2) is 49.7 Å². The first-order valence-corrected chi connectivity index (χ1v) is 8.31. The number of rotatable bonds is 10. The van der Waals surface area contributed by atoms with Gasteiger partial charge in [-0.15, -0.1) is 0 Å². The van der Waals surface area contributed by atoms with Gasteiger partial charge in [-0.1, -0.05) is 6.92 Å². The lowest BCUT2D eigenvalue weighted by Crippen LogP contribution is -2.22. The molecule has 0 spiro atoms. The molecular formula is C12H23N3O3S. The van der Waals surface area contributed by atoms with Gasteiger partial charge in [-0.3, -0.25) is 0 Å². The summed E-state index contributed by atoms with van der Waals surface area (Å²) in [5.41, 5.74) is 0. The monoisotopic (exact) mass is 289 g/mol. The third-order valence-corrected chi connectivity index (χ3v) is 4.56. The van der Waals surface area contributed by atoms with Crippen LogP contribution in [0.5, 0.6) is 0 Å². The predicted molar refractivity (Wildman–Crippen MR) is 74.8 cm³/mol. The fourth-order valence-corrected chi connectivity index (χ4v) is 3.04. The van der Waals surface area contributed by atoms with Crippen LogP contribution in [0, 0.1) is 0 Å². The Labute approximate surface area is 115 Å². The molecule has 0 fully saturated rings. The Morgan fingerprint density at radius 1 is 1.42 bits per heavy atom. The van der Waals surface area contributed by atoms with Crippen molar-refractivity contribution in [3.8, 4) is 0 Å². The first-order chi connectivity index (χ1) is 9.09. The van der Waals surface area contributed by atoms with Crippen molar-refractivity contribution < 1.29 is 13.2 Å². The molecule has 110 valence electrons. The Morgan fingerprint density at radius 3 is 2.89 bits per heavy atom. The van der Waals surface area contributed by atoms with Gasteiger partial charge in [0.1, 0.15) is 5.82 Å². The highest BCUT2D eigenvalue weighted by atomic mass is 32.2. The maximum Gasteiger partial charge on any atom is 0.152 e. The van der Waals surface area contributed by atoms with E-state index in [0.29, 0.717) is 26.1 Å². The summed E-state index contributed by atoms with van der Waals surface area (Å²) >= 11 is 0. The van der Waals surface area contributed by atoms with Crippen LogP contribution in [0.1, 0.15) is 19.2 Å². The number of nitrogens with one attached hydrogen (secondary N) is 1. The molecule has 0 radical (unpaired) electrons. The minimum atomic E-state index is -2.94. The second kappa shape index (κ2) is 8.29. The minimum Gasteiger partial charge on any atom is -0.383 e. The Hall–Kier alpha value is -0.920. The first kappa shape index (κ1) is 16.1. The number of aryl methyl sites for hydroxylation is 1. The molecule has 1 N–H and O–H groups in total. The van der Waals surface area contributed by atoms with Crippen LogP contribution in [0.3, 0.4) is 0 Å². The number of hydrogen-bond donors (Lipinski definition) is 1. The maximum absolute atomic E-state index is 11.7. The summed E-state index contributed by atoms with van der Waals surface area (Å²) in [5, 5.41) is 3.19. The van der Waals surface area contributed by atoms with Crippen LogP contribution in [0.4, 0.5) is 0 Å². The molecule has 1 rings (SSSR count). The number of hydrogen-bond acceptors (Lipinski definition) is 5. The number of sulfone groups is 1. The van der Waals surface area contributed by atoms with E-state index in [-0.39, 0.29) is 11.5 Å². The molecule has 0 aliphatic rings. The zero-order chi connectivity index (χ0) is 14.1. The van der Waals surface area contributed by atoms with Crippen LogP contribution in [-0.2, 0) is 27.7 Å². The first-order valence-electron chi connectivity index (χ1n) is 6.49. The summed E-state index contributed by atoms with van der Waals surface area (Å²) in [6.45, 7) is 4.34. The Kier molecular flexibility index (Phi) is 7.04. The van der Waals surface area contributed by atoms with E-state index in [9.17, 15) is 8.42 Å². The molecule has 0 amide bonds. The fraction of sp³-hybridized carbons (Fsp3) is 0.750. The molecule has 0 aromatic carbocycles. The summed E-state index contributed by atoms with van der Waals surface area (Å²) in [6.07, 6.45) is 4.17. The molecular weight excluding hydrogens is 266 g/mol. The fourth-order valence-electron chi connectivity index (χ4n) is 1.74. The van der Waals surface area contributed by atoms with Gasteiger partial charge in [-0.2, -0.15) is 0 Å². The zero-order valence-corrected chi connectivity index (χ0v) is 12.4. The molecule has 6 nitrogen and oxygen atoms in total. The molecule has 0 aliphatic heterocycles. The SMILES string of the molecule is CCCS(=O)(=O)CCn1ccnc1CNCCOC. The van der Waals surface area contributed by atoms with Gasteiger partial charge in [0.15, 0.2) is 9.84 Å². The number of aromatic nitrogens is 2.